The lowest BCUT2D eigenvalue weighted by molar-refractivity contribution is -0.134. The van der Waals surface area contributed by atoms with Gasteiger partial charge in [-0.05, 0) is 33.4 Å². The molecule has 2 aliphatic rings. The van der Waals surface area contributed by atoms with Gasteiger partial charge in [-0.3, -0.25) is 9.59 Å². The smallest absolute Gasteiger partial charge is 0.315 e. The van der Waals surface area contributed by atoms with E-state index in [0.29, 0.717) is 35.9 Å². The van der Waals surface area contributed by atoms with E-state index in [9.17, 15) is 19.2 Å². The molecule has 6 amide bonds. The number of urea groups is 2. The number of hydrogen-bond donors (Lipinski definition) is 6. The van der Waals surface area contributed by atoms with Crippen molar-refractivity contribution in [3.05, 3.63) is 169 Å². The van der Waals surface area contributed by atoms with Crippen molar-refractivity contribution in [2.45, 2.75) is 24.2 Å². The van der Waals surface area contributed by atoms with Gasteiger partial charge in [0.1, 0.15) is 35.8 Å². The molecule has 3 unspecified atom stereocenters. The van der Waals surface area contributed by atoms with Gasteiger partial charge in [0, 0.05) is 27.2 Å². The summed E-state index contributed by atoms with van der Waals surface area (Å²) in [5.74, 6) is 0.767. The van der Waals surface area contributed by atoms with Crippen molar-refractivity contribution in [2.75, 3.05) is 27.2 Å². The first-order chi connectivity index (χ1) is 29.3. The van der Waals surface area contributed by atoms with Crippen molar-refractivity contribution in [1.82, 2.24) is 51.0 Å². The van der Waals surface area contributed by atoms with Gasteiger partial charge >= 0.3 is 12.1 Å². The van der Waals surface area contributed by atoms with Crippen molar-refractivity contribution < 1.29 is 19.2 Å². The van der Waals surface area contributed by atoms with Crippen LogP contribution in [0.15, 0.2) is 146 Å². The number of nitrogens with one attached hydrogen (secondary N) is 6. The number of aromatic amines is 2. The maximum atomic E-state index is 13.9. The Kier molecular flexibility index (Phi) is 11.3. The number of carbonyl (C=O) groups is 4. The zero-order valence-electron chi connectivity index (χ0n) is 33.0. The lowest BCUT2D eigenvalue weighted by Crippen LogP contribution is -2.45. The van der Waals surface area contributed by atoms with Crippen molar-refractivity contribution >= 4 is 23.9 Å². The zero-order valence-corrected chi connectivity index (χ0v) is 33.0. The van der Waals surface area contributed by atoms with Gasteiger partial charge in [-0.15, -0.1) is 0 Å². The van der Waals surface area contributed by atoms with E-state index in [-0.39, 0.29) is 11.8 Å². The molecular weight excluding hydrogens is 757 g/mol. The molecule has 14 heteroatoms. The highest BCUT2D eigenvalue weighted by Crippen LogP contribution is 2.33. The Morgan fingerprint density at radius 2 is 0.917 bits per heavy atom. The van der Waals surface area contributed by atoms with Gasteiger partial charge in [-0.25, -0.2) is 19.6 Å². The Morgan fingerprint density at radius 3 is 1.28 bits per heavy atom. The van der Waals surface area contributed by atoms with Gasteiger partial charge in [-0.1, -0.05) is 133 Å². The monoisotopic (exact) mass is 800 g/mol. The van der Waals surface area contributed by atoms with E-state index in [1.807, 2.05) is 109 Å². The Morgan fingerprint density at radius 1 is 0.550 bits per heavy atom. The Hall–Kier alpha value is -7.74. The highest BCUT2D eigenvalue weighted by molar-refractivity contribution is 5.90. The average Bonchev–Trinajstić information content (AvgIpc) is 4.15. The maximum Gasteiger partial charge on any atom is 0.315 e. The zero-order chi connectivity index (χ0) is 41.6. The van der Waals surface area contributed by atoms with Crippen LogP contribution in [0.25, 0.3) is 33.6 Å². The van der Waals surface area contributed by atoms with E-state index in [1.54, 1.807) is 22.2 Å². The van der Waals surface area contributed by atoms with Crippen LogP contribution in [0.1, 0.15) is 46.9 Å². The van der Waals surface area contributed by atoms with Gasteiger partial charge in [0.05, 0.1) is 23.8 Å². The van der Waals surface area contributed by atoms with E-state index < -0.39 is 36.2 Å². The minimum atomic E-state index is -0.862. The largest absolute Gasteiger partial charge is 0.341 e. The van der Waals surface area contributed by atoms with E-state index in [4.69, 9.17) is 0 Å². The van der Waals surface area contributed by atoms with E-state index in [0.717, 1.165) is 33.6 Å². The predicted octanol–water partition coefficient (Wildman–Crippen LogP) is 6.35. The SMILES string of the molecule is CNC(=O)NC(C(=O)N1CC=CC1c1ncc(-c2ccc(-c3ccc(-c4cnc([C@@H]5C=CCN5C(=O)C(NC(=O)NC)c5ccccc5)[nH]4)cc3)cc2)[nH]1)c1ccccc1. The topological polar surface area (TPSA) is 180 Å². The molecule has 0 saturated heterocycles. The molecule has 0 fully saturated rings. The molecule has 6 aromatic rings. The molecule has 0 radical (unpaired) electrons. The summed E-state index contributed by atoms with van der Waals surface area (Å²) in [6, 6.07) is 31.3. The van der Waals surface area contributed by atoms with Crippen LogP contribution in [0, 0.1) is 0 Å². The fraction of sp³-hybridized carbons (Fsp3) is 0.174. The third-order valence-corrected chi connectivity index (χ3v) is 10.7. The quantitative estimate of drug-likeness (QED) is 0.0831. The van der Waals surface area contributed by atoms with Crippen LogP contribution >= 0.6 is 0 Å². The summed E-state index contributed by atoms with van der Waals surface area (Å²) >= 11 is 0. The lowest BCUT2D eigenvalue weighted by atomic mass is 10.0. The molecule has 4 atom stereocenters. The standard InChI is InChI=1S/C46H44N10O4/c1-47-45(59)53-39(33-11-5-3-6-12-33)43(57)55-25-9-15-37(55)41-49-27-35(51-41)31-21-17-29(18-22-31)30-19-23-32(24-20-30)36-28-50-42(52-36)38-16-10-26-56(38)44(58)40(54-46(60)48-2)34-13-7-4-8-14-34/h3-24,27-28,37-40H,25-26H2,1-2H3,(H,49,51)(H,50,52)(H2,47,53,59)(H2,48,54,60)/t37-,38?,39?,40?/m0/s1. The number of nitrogens with zero attached hydrogens (tertiary/aromatic N) is 4. The molecule has 4 heterocycles. The number of amides is 6. The molecule has 0 saturated carbocycles. The fourth-order valence-corrected chi connectivity index (χ4v) is 7.53. The van der Waals surface area contributed by atoms with Crippen LogP contribution in [0.2, 0.25) is 0 Å². The highest BCUT2D eigenvalue weighted by Gasteiger charge is 2.36. The van der Waals surface area contributed by atoms with Gasteiger partial charge in [0.25, 0.3) is 11.8 Å². The van der Waals surface area contributed by atoms with E-state index in [1.165, 1.54) is 14.1 Å². The summed E-state index contributed by atoms with van der Waals surface area (Å²) in [7, 11) is 3.03. The first-order valence-electron chi connectivity index (χ1n) is 19.6. The number of aromatic nitrogens is 4. The Bertz CT molecular complexity index is 2350. The molecule has 60 heavy (non-hydrogen) atoms. The molecule has 4 aromatic carbocycles. The molecule has 0 bridgehead atoms. The predicted molar refractivity (Wildman–Crippen MR) is 228 cm³/mol. The molecule has 2 aliphatic heterocycles. The molecule has 302 valence electrons. The fourth-order valence-electron chi connectivity index (χ4n) is 7.53. The second-order valence-electron chi connectivity index (χ2n) is 14.4. The molecule has 2 aromatic heterocycles. The number of carbonyl (C=O) groups excluding carboxylic acids is 4. The van der Waals surface area contributed by atoms with Crippen LogP contribution in [0.4, 0.5) is 9.59 Å². The Labute approximate surface area is 346 Å². The van der Waals surface area contributed by atoms with Crippen molar-refractivity contribution in [1.29, 1.82) is 0 Å². The van der Waals surface area contributed by atoms with Crippen LogP contribution < -0.4 is 21.3 Å². The highest BCUT2D eigenvalue weighted by atomic mass is 16.2. The minimum Gasteiger partial charge on any atom is -0.341 e. The van der Waals surface area contributed by atoms with Crippen molar-refractivity contribution in [3.63, 3.8) is 0 Å². The van der Waals surface area contributed by atoms with Crippen LogP contribution in [0.3, 0.4) is 0 Å². The van der Waals surface area contributed by atoms with Crippen LogP contribution in [-0.2, 0) is 9.59 Å². The summed E-state index contributed by atoms with van der Waals surface area (Å²) in [6.07, 6.45) is 11.3. The first kappa shape index (κ1) is 39.1. The van der Waals surface area contributed by atoms with Crippen molar-refractivity contribution in [2.24, 2.45) is 0 Å². The maximum absolute atomic E-state index is 13.9. The summed E-state index contributed by atoms with van der Waals surface area (Å²) < 4.78 is 0. The molecule has 6 N–H and O–H groups in total. The summed E-state index contributed by atoms with van der Waals surface area (Å²) in [4.78, 5) is 71.9. The summed E-state index contributed by atoms with van der Waals surface area (Å²) in [6.45, 7) is 0.777. The van der Waals surface area contributed by atoms with Crippen LogP contribution in [-0.4, -0.2) is 80.8 Å². The minimum absolute atomic E-state index is 0.240. The molecule has 0 spiro atoms. The second-order valence-corrected chi connectivity index (χ2v) is 14.4. The number of benzene rings is 4. The van der Waals surface area contributed by atoms with Crippen molar-refractivity contribution in [3.8, 4) is 33.6 Å². The molecule has 8 rings (SSSR count). The second kappa shape index (κ2) is 17.4. The molecule has 0 aliphatic carbocycles. The van der Waals surface area contributed by atoms with Gasteiger partial charge in [-0.2, -0.15) is 0 Å². The summed E-state index contributed by atoms with van der Waals surface area (Å²) in [5, 5.41) is 10.7. The third kappa shape index (κ3) is 8.16. The molecule has 14 nitrogen and oxygen atoms in total. The van der Waals surface area contributed by atoms with E-state index >= 15 is 0 Å². The lowest BCUT2D eigenvalue weighted by Gasteiger charge is -2.28. The third-order valence-electron chi connectivity index (χ3n) is 10.7. The Balaban J connectivity index is 0.930. The average molecular weight is 801 g/mol. The number of imidazole rings is 2. The van der Waals surface area contributed by atoms with Crippen LogP contribution in [0.5, 0.6) is 0 Å². The molecular formula is C46H44N10O4. The first-order valence-corrected chi connectivity index (χ1v) is 19.6. The van der Waals surface area contributed by atoms with Gasteiger partial charge in [0.2, 0.25) is 0 Å². The number of rotatable bonds is 11. The van der Waals surface area contributed by atoms with Gasteiger partial charge < -0.3 is 41.0 Å². The van der Waals surface area contributed by atoms with Gasteiger partial charge in [0.15, 0.2) is 0 Å². The van der Waals surface area contributed by atoms with E-state index in [2.05, 4.69) is 65.5 Å². The number of H-pyrrole nitrogens is 2. The number of hydrogen-bond acceptors (Lipinski definition) is 6. The normalized spacial score (nSPS) is 16.6. The summed E-state index contributed by atoms with van der Waals surface area (Å²) in [5.41, 5.74) is 6.95.